The fraction of sp³-hybridized carbons (Fsp3) is 0.533. The molecule has 1 rings (SSSR count). The van der Waals surface area contributed by atoms with Crippen molar-refractivity contribution in [2.24, 2.45) is 0 Å². The molecule has 0 unspecified atom stereocenters. The number of halogens is 2. The Morgan fingerprint density at radius 3 is 2.33 bits per heavy atom. The Morgan fingerprint density at radius 1 is 1.29 bits per heavy atom. The quantitative estimate of drug-likeness (QED) is 0.814. The second-order valence-electron chi connectivity index (χ2n) is 4.99. The van der Waals surface area contributed by atoms with Crippen molar-refractivity contribution in [3.05, 3.63) is 28.8 Å². The highest BCUT2D eigenvalue weighted by Crippen LogP contribution is 2.26. The van der Waals surface area contributed by atoms with Crippen molar-refractivity contribution in [2.75, 3.05) is 13.1 Å². The summed E-state index contributed by atoms with van der Waals surface area (Å²) in [4.78, 5) is 12.1. The maximum absolute atomic E-state index is 12.3. The lowest BCUT2D eigenvalue weighted by Gasteiger charge is -2.15. The van der Waals surface area contributed by atoms with Crippen molar-refractivity contribution < 1.29 is 18.3 Å². The highest BCUT2D eigenvalue weighted by Gasteiger charge is 2.15. The Kier molecular flexibility index (Phi) is 6.55. The van der Waals surface area contributed by atoms with Gasteiger partial charge in [-0.25, -0.2) is 0 Å². The zero-order chi connectivity index (χ0) is 16.0. The number of benzene rings is 1. The van der Waals surface area contributed by atoms with Crippen LogP contribution >= 0.6 is 0 Å². The predicted octanol–water partition coefficient (Wildman–Crippen LogP) is 2.63. The van der Waals surface area contributed by atoms with Crippen LogP contribution in [0.2, 0.25) is 0 Å². The van der Waals surface area contributed by atoms with E-state index >= 15 is 0 Å². The van der Waals surface area contributed by atoms with Crippen molar-refractivity contribution in [3.8, 4) is 5.75 Å². The van der Waals surface area contributed by atoms with Crippen molar-refractivity contribution in [3.63, 3.8) is 0 Å². The molecular weight excluding hydrogens is 278 g/mol. The van der Waals surface area contributed by atoms with Gasteiger partial charge in [-0.2, -0.15) is 8.78 Å². The average Bonchev–Trinajstić information content (AvgIpc) is 2.40. The van der Waals surface area contributed by atoms with Gasteiger partial charge >= 0.3 is 6.61 Å². The highest BCUT2D eigenvalue weighted by atomic mass is 19.3. The van der Waals surface area contributed by atoms with E-state index in [2.05, 4.69) is 15.4 Å². The number of hydrogen-bond donors (Lipinski definition) is 2. The summed E-state index contributed by atoms with van der Waals surface area (Å²) < 4.78 is 29.1. The largest absolute Gasteiger partial charge is 0.434 e. The molecule has 4 nitrogen and oxygen atoms in total. The monoisotopic (exact) mass is 300 g/mol. The molecular formula is C15H22F2N2O2. The molecule has 0 fully saturated rings. The van der Waals surface area contributed by atoms with E-state index in [0.29, 0.717) is 23.2 Å². The minimum atomic E-state index is -2.87. The lowest BCUT2D eigenvalue weighted by molar-refractivity contribution is -0.0507. The molecule has 2 N–H and O–H groups in total. The molecule has 6 heteroatoms. The number of carbonyl (C=O) groups excluding carboxylic acids is 1. The van der Waals surface area contributed by atoms with Crippen molar-refractivity contribution >= 4 is 5.91 Å². The Balaban J connectivity index is 2.78. The van der Waals surface area contributed by atoms with Gasteiger partial charge in [-0.1, -0.05) is 6.92 Å². The first-order valence-corrected chi connectivity index (χ1v) is 6.92. The van der Waals surface area contributed by atoms with Crippen LogP contribution in [0.4, 0.5) is 8.78 Å². The molecule has 0 radical (unpaired) electrons. The van der Waals surface area contributed by atoms with Crippen LogP contribution in [0.3, 0.4) is 0 Å². The number of ether oxygens (including phenoxy) is 1. The molecule has 1 amide bonds. The summed E-state index contributed by atoms with van der Waals surface area (Å²) in [6.45, 7) is 5.70. The van der Waals surface area contributed by atoms with Gasteiger partial charge in [0, 0.05) is 18.2 Å². The van der Waals surface area contributed by atoms with Gasteiger partial charge in [0.1, 0.15) is 5.75 Å². The normalized spacial score (nSPS) is 12.3. The second-order valence-corrected chi connectivity index (χ2v) is 4.99. The summed E-state index contributed by atoms with van der Waals surface area (Å²) in [5.74, 6) is -0.0999. The van der Waals surface area contributed by atoms with Crippen molar-refractivity contribution in [2.45, 2.75) is 40.3 Å². The molecule has 0 aromatic heterocycles. The molecule has 1 aromatic carbocycles. The van der Waals surface area contributed by atoms with Crippen LogP contribution in [0.5, 0.6) is 5.75 Å². The van der Waals surface area contributed by atoms with Crippen molar-refractivity contribution in [1.29, 1.82) is 0 Å². The standard InChI is InChI=1S/C15H22F2N2O2/c1-5-18-11(4)8-19-14(20)12-6-9(2)13(10(3)7-12)21-15(16)17/h6-7,11,15,18H,5,8H2,1-4H3,(H,19,20)/t11-/m1/s1. The van der Waals surface area contributed by atoms with Gasteiger partial charge in [-0.15, -0.1) is 0 Å². The fourth-order valence-corrected chi connectivity index (χ4v) is 2.12. The first-order chi connectivity index (χ1) is 9.85. The van der Waals surface area contributed by atoms with E-state index in [1.807, 2.05) is 13.8 Å². The van der Waals surface area contributed by atoms with E-state index in [9.17, 15) is 13.6 Å². The van der Waals surface area contributed by atoms with E-state index in [-0.39, 0.29) is 17.7 Å². The van der Waals surface area contributed by atoms with Gasteiger partial charge in [0.2, 0.25) is 0 Å². The van der Waals surface area contributed by atoms with Crippen molar-refractivity contribution in [1.82, 2.24) is 10.6 Å². The molecule has 0 heterocycles. The molecule has 0 aliphatic heterocycles. The zero-order valence-electron chi connectivity index (χ0n) is 12.8. The number of alkyl halides is 2. The molecule has 0 saturated carbocycles. The summed E-state index contributed by atoms with van der Waals surface area (Å²) in [7, 11) is 0. The van der Waals surface area contributed by atoms with E-state index in [1.165, 1.54) is 0 Å². The number of carbonyl (C=O) groups is 1. The summed E-state index contributed by atoms with van der Waals surface area (Å²) in [6, 6.07) is 3.28. The molecule has 1 atom stereocenters. The molecule has 0 spiro atoms. The van der Waals surface area contributed by atoms with E-state index < -0.39 is 6.61 Å². The summed E-state index contributed by atoms with van der Waals surface area (Å²) in [5.41, 5.74) is 1.47. The summed E-state index contributed by atoms with van der Waals surface area (Å²) >= 11 is 0. The summed E-state index contributed by atoms with van der Waals surface area (Å²) in [6.07, 6.45) is 0. The molecule has 1 aromatic rings. The van der Waals surface area contributed by atoms with Crippen LogP contribution in [-0.4, -0.2) is 31.7 Å². The number of hydrogen-bond acceptors (Lipinski definition) is 3. The maximum atomic E-state index is 12.3. The maximum Gasteiger partial charge on any atom is 0.387 e. The third-order valence-corrected chi connectivity index (χ3v) is 3.05. The Bertz CT molecular complexity index is 470. The van der Waals surface area contributed by atoms with Crippen LogP contribution in [0.1, 0.15) is 35.3 Å². The van der Waals surface area contributed by atoms with Crippen LogP contribution in [-0.2, 0) is 0 Å². The fourth-order valence-electron chi connectivity index (χ4n) is 2.12. The first kappa shape index (κ1) is 17.4. The summed E-state index contributed by atoms with van der Waals surface area (Å²) in [5, 5.41) is 6.00. The number of nitrogens with one attached hydrogen (secondary N) is 2. The second kappa shape index (κ2) is 7.93. The molecule has 0 aliphatic carbocycles. The van der Waals surface area contributed by atoms with E-state index in [0.717, 1.165) is 6.54 Å². The Hall–Kier alpha value is -1.69. The molecule has 0 bridgehead atoms. The first-order valence-electron chi connectivity index (χ1n) is 6.92. The van der Waals surface area contributed by atoms with Gasteiger partial charge in [0.15, 0.2) is 0 Å². The number of likely N-dealkylation sites (N-methyl/N-ethyl adjacent to an activating group) is 1. The van der Waals surface area contributed by atoms with Crippen LogP contribution in [0.15, 0.2) is 12.1 Å². The molecule has 0 saturated heterocycles. The van der Waals surface area contributed by atoms with Crippen LogP contribution in [0, 0.1) is 13.8 Å². The van der Waals surface area contributed by atoms with E-state index in [4.69, 9.17) is 0 Å². The third-order valence-electron chi connectivity index (χ3n) is 3.05. The predicted molar refractivity (Wildman–Crippen MR) is 78.0 cm³/mol. The van der Waals surface area contributed by atoms with Crippen LogP contribution < -0.4 is 15.4 Å². The number of amides is 1. The smallest absolute Gasteiger partial charge is 0.387 e. The lowest BCUT2D eigenvalue weighted by atomic mass is 10.1. The van der Waals surface area contributed by atoms with Crippen LogP contribution in [0.25, 0.3) is 0 Å². The van der Waals surface area contributed by atoms with Gasteiger partial charge in [0.25, 0.3) is 5.91 Å². The minimum Gasteiger partial charge on any atom is -0.434 e. The number of rotatable bonds is 7. The number of aryl methyl sites for hydroxylation is 2. The van der Waals surface area contributed by atoms with Gasteiger partial charge in [-0.05, 0) is 50.6 Å². The van der Waals surface area contributed by atoms with Gasteiger partial charge < -0.3 is 15.4 Å². The Morgan fingerprint density at radius 2 is 1.86 bits per heavy atom. The Labute approximate surface area is 123 Å². The van der Waals surface area contributed by atoms with E-state index in [1.54, 1.807) is 26.0 Å². The molecule has 118 valence electrons. The SMILES string of the molecule is CCN[C@H](C)CNC(=O)c1cc(C)c(OC(F)F)c(C)c1. The van der Waals surface area contributed by atoms with Gasteiger partial charge in [-0.3, -0.25) is 4.79 Å². The highest BCUT2D eigenvalue weighted by molar-refractivity contribution is 5.94. The van der Waals surface area contributed by atoms with Gasteiger partial charge in [0.05, 0.1) is 0 Å². The molecule has 0 aliphatic rings. The topological polar surface area (TPSA) is 50.4 Å². The average molecular weight is 300 g/mol. The lowest BCUT2D eigenvalue weighted by Crippen LogP contribution is -2.38. The third kappa shape index (κ3) is 5.30. The molecule has 21 heavy (non-hydrogen) atoms. The zero-order valence-corrected chi connectivity index (χ0v) is 12.8. The minimum absolute atomic E-state index is 0.127.